The van der Waals surface area contributed by atoms with Crippen molar-refractivity contribution in [1.29, 1.82) is 0 Å². The van der Waals surface area contributed by atoms with Gasteiger partial charge in [-0.2, -0.15) is 0 Å². The molecule has 0 aliphatic heterocycles. The number of aromatic carboxylic acids is 1. The molecule has 0 fully saturated rings. The molecule has 0 bridgehead atoms. The summed E-state index contributed by atoms with van der Waals surface area (Å²) in [5, 5.41) is 8.98. The van der Waals surface area contributed by atoms with Crippen LogP contribution in [0.1, 0.15) is 27.9 Å². The number of carboxylic acid groups (broad SMARTS) is 1. The highest BCUT2D eigenvalue weighted by molar-refractivity contribution is 7.92. The van der Waals surface area contributed by atoms with Crippen LogP contribution < -0.4 is 4.72 Å². The van der Waals surface area contributed by atoms with Gasteiger partial charge in [0, 0.05) is 0 Å². The second kappa shape index (κ2) is 6.07. The zero-order chi connectivity index (χ0) is 17.5. The van der Waals surface area contributed by atoms with Crippen molar-refractivity contribution >= 4 is 33.3 Å². The molecular formula is C16H13ClFNO4S. The molecule has 0 saturated heterocycles. The summed E-state index contributed by atoms with van der Waals surface area (Å²) < 4.78 is 41.5. The van der Waals surface area contributed by atoms with Crippen molar-refractivity contribution in [2.75, 3.05) is 4.72 Å². The number of carbonyl (C=O) groups is 1. The van der Waals surface area contributed by atoms with Crippen LogP contribution in [0.25, 0.3) is 0 Å². The van der Waals surface area contributed by atoms with Crippen LogP contribution in [0, 0.1) is 5.82 Å². The minimum Gasteiger partial charge on any atom is -0.478 e. The first-order valence-electron chi connectivity index (χ1n) is 7.15. The van der Waals surface area contributed by atoms with Crippen LogP contribution in [-0.4, -0.2) is 19.5 Å². The normalized spacial score (nSPS) is 13.6. The van der Waals surface area contributed by atoms with Gasteiger partial charge in [-0.15, -0.1) is 0 Å². The third-order valence-corrected chi connectivity index (χ3v) is 5.63. The highest BCUT2D eigenvalue weighted by Gasteiger charge is 2.27. The van der Waals surface area contributed by atoms with Crippen molar-refractivity contribution < 1.29 is 22.7 Å². The molecule has 2 aromatic carbocycles. The highest BCUT2D eigenvalue weighted by atomic mass is 35.5. The topological polar surface area (TPSA) is 83.5 Å². The first-order chi connectivity index (χ1) is 11.3. The van der Waals surface area contributed by atoms with Gasteiger partial charge in [0.2, 0.25) is 0 Å². The summed E-state index contributed by atoms with van der Waals surface area (Å²) in [7, 11) is -4.15. The maximum atomic E-state index is 14.0. The predicted molar refractivity (Wildman–Crippen MR) is 87.6 cm³/mol. The molecule has 0 spiro atoms. The average molecular weight is 370 g/mol. The van der Waals surface area contributed by atoms with Crippen molar-refractivity contribution in [3.05, 3.63) is 57.9 Å². The molecule has 0 amide bonds. The molecule has 3 rings (SSSR count). The molecule has 0 unspecified atom stereocenters. The second-order valence-corrected chi connectivity index (χ2v) is 7.54. The molecule has 0 saturated carbocycles. The molecular weight excluding hydrogens is 357 g/mol. The lowest BCUT2D eigenvalue weighted by Crippen LogP contribution is -2.17. The average Bonchev–Trinajstić information content (AvgIpc) is 2.98. The summed E-state index contributed by atoms with van der Waals surface area (Å²) in [6.45, 7) is 0. The summed E-state index contributed by atoms with van der Waals surface area (Å²) in [4.78, 5) is 11.1. The van der Waals surface area contributed by atoms with Crippen LogP contribution >= 0.6 is 11.6 Å². The molecule has 0 atom stereocenters. The molecule has 5 nitrogen and oxygen atoms in total. The minimum absolute atomic E-state index is 0.109. The summed E-state index contributed by atoms with van der Waals surface area (Å²) in [6, 6.07) is 6.57. The molecule has 8 heteroatoms. The first-order valence-corrected chi connectivity index (χ1v) is 9.01. The van der Waals surface area contributed by atoms with E-state index in [1.807, 2.05) is 0 Å². The number of rotatable bonds is 4. The Hall–Kier alpha value is -2.12. The number of hydrogen-bond acceptors (Lipinski definition) is 3. The van der Waals surface area contributed by atoms with E-state index in [2.05, 4.69) is 4.72 Å². The predicted octanol–water partition coefficient (Wildman–Crippen LogP) is 3.47. The highest BCUT2D eigenvalue weighted by Crippen LogP contribution is 2.32. The first kappa shape index (κ1) is 16.7. The van der Waals surface area contributed by atoms with Crippen LogP contribution in [0.4, 0.5) is 10.1 Å². The van der Waals surface area contributed by atoms with E-state index in [1.165, 1.54) is 24.3 Å². The van der Waals surface area contributed by atoms with E-state index in [0.29, 0.717) is 24.0 Å². The van der Waals surface area contributed by atoms with Crippen molar-refractivity contribution in [3.63, 3.8) is 0 Å². The molecule has 0 heterocycles. The van der Waals surface area contributed by atoms with Gasteiger partial charge in [-0.05, 0) is 54.7 Å². The zero-order valence-corrected chi connectivity index (χ0v) is 13.9. The van der Waals surface area contributed by atoms with E-state index in [4.69, 9.17) is 11.6 Å². The van der Waals surface area contributed by atoms with Gasteiger partial charge in [0.15, 0.2) is 5.82 Å². The third kappa shape index (κ3) is 2.97. The maximum Gasteiger partial charge on any atom is 0.335 e. The Bertz CT molecular complexity index is 943. The van der Waals surface area contributed by atoms with E-state index in [9.17, 15) is 22.7 Å². The summed E-state index contributed by atoms with van der Waals surface area (Å²) in [5.41, 5.74) is 0.884. The van der Waals surface area contributed by atoms with Crippen LogP contribution in [-0.2, 0) is 22.9 Å². The van der Waals surface area contributed by atoms with Gasteiger partial charge in [0.05, 0.1) is 21.2 Å². The Morgan fingerprint density at radius 2 is 2.00 bits per heavy atom. The number of sulfonamides is 1. The molecule has 24 heavy (non-hydrogen) atoms. The fraction of sp³-hybridized carbons (Fsp3) is 0.188. The molecule has 1 aliphatic carbocycles. The van der Waals surface area contributed by atoms with Crippen LogP contribution in [0.2, 0.25) is 5.02 Å². The number of nitrogens with one attached hydrogen (secondary N) is 1. The summed E-state index contributed by atoms with van der Waals surface area (Å²) in [6.07, 6.45) is 1.89. The van der Waals surface area contributed by atoms with Gasteiger partial charge >= 0.3 is 5.97 Å². The summed E-state index contributed by atoms with van der Waals surface area (Å²) >= 11 is 5.66. The standard InChI is InChI=1S/C16H13ClFNO4S/c17-12-5-2-6-13(15(12)18)19-24(22,23)14-8-10(16(20)21)7-9-3-1-4-11(9)14/h2,5-8,19H,1,3-4H2,(H,20,21). The lowest BCUT2D eigenvalue weighted by Gasteiger charge is -2.14. The third-order valence-electron chi connectivity index (χ3n) is 3.91. The van der Waals surface area contributed by atoms with Crippen molar-refractivity contribution in [3.8, 4) is 0 Å². The number of carboxylic acids is 1. The quantitative estimate of drug-likeness (QED) is 0.864. The van der Waals surface area contributed by atoms with Gasteiger partial charge in [0.25, 0.3) is 10.0 Å². The van der Waals surface area contributed by atoms with Gasteiger partial charge in [-0.3, -0.25) is 4.72 Å². The van der Waals surface area contributed by atoms with Gasteiger partial charge in [-0.1, -0.05) is 17.7 Å². The number of benzene rings is 2. The molecule has 2 aromatic rings. The van der Waals surface area contributed by atoms with E-state index >= 15 is 0 Å². The Morgan fingerprint density at radius 3 is 2.71 bits per heavy atom. The van der Waals surface area contributed by atoms with E-state index in [1.54, 1.807) is 0 Å². The molecule has 1 aliphatic rings. The molecule has 2 N–H and O–H groups in total. The van der Waals surface area contributed by atoms with E-state index in [0.717, 1.165) is 12.5 Å². The number of hydrogen-bond donors (Lipinski definition) is 2. The SMILES string of the molecule is O=C(O)c1cc2c(c(S(=O)(=O)Nc3cccc(Cl)c3F)c1)CCC2. The van der Waals surface area contributed by atoms with E-state index < -0.39 is 21.8 Å². The second-order valence-electron chi connectivity index (χ2n) is 5.48. The number of anilines is 1. The largest absolute Gasteiger partial charge is 0.478 e. The number of fused-ring (bicyclic) bond motifs is 1. The van der Waals surface area contributed by atoms with Crippen LogP contribution in [0.3, 0.4) is 0 Å². The van der Waals surface area contributed by atoms with Crippen LogP contribution in [0.15, 0.2) is 35.2 Å². The summed E-state index contributed by atoms with van der Waals surface area (Å²) in [5.74, 6) is -2.09. The number of aryl methyl sites for hydroxylation is 1. The smallest absolute Gasteiger partial charge is 0.335 e. The van der Waals surface area contributed by atoms with Gasteiger partial charge < -0.3 is 5.11 Å². The van der Waals surface area contributed by atoms with E-state index in [-0.39, 0.29) is 21.2 Å². The maximum absolute atomic E-state index is 14.0. The van der Waals surface area contributed by atoms with Crippen molar-refractivity contribution in [2.24, 2.45) is 0 Å². The fourth-order valence-electron chi connectivity index (χ4n) is 2.81. The lowest BCUT2D eigenvalue weighted by atomic mass is 10.1. The van der Waals surface area contributed by atoms with Crippen molar-refractivity contribution in [1.82, 2.24) is 0 Å². The lowest BCUT2D eigenvalue weighted by molar-refractivity contribution is 0.0696. The number of halogens is 2. The zero-order valence-electron chi connectivity index (χ0n) is 12.3. The van der Waals surface area contributed by atoms with Gasteiger partial charge in [-0.25, -0.2) is 17.6 Å². The minimum atomic E-state index is -4.15. The molecule has 0 aromatic heterocycles. The Balaban J connectivity index is 2.10. The molecule has 0 radical (unpaired) electrons. The Labute approximate surface area is 143 Å². The Morgan fingerprint density at radius 1 is 1.25 bits per heavy atom. The monoisotopic (exact) mass is 369 g/mol. The molecule has 126 valence electrons. The fourth-order valence-corrected chi connectivity index (χ4v) is 4.38. The van der Waals surface area contributed by atoms with Gasteiger partial charge in [0.1, 0.15) is 0 Å². The van der Waals surface area contributed by atoms with Crippen molar-refractivity contribution in [2.45, 2.75) is 24.2 Å². The Kier molecular flexibility index (Phi) is 4.23. The van der Waals surface area contributed by atoms with Crippen LogP contribution in [0.5, 0.6) is 0 Å².